The minimum absolute atomic E-state index is 0.100. The van der Waals surface area contributed by atoms with Crippen molar-refractivity contribution in [1.29, 1.82) is 0 Å². The number of rotatable bonds is 2. The average molecular weight is 303 g/mol. The Morgan fingerprint density at radius 2 is 1.64 bits per heavy atom. The second-order valence-electron chi connectivity index (χ2n) is 4.68. The molecule has 0 fully saturated rings. The van der Waals surface area contributed by atoms with Crippen molar-refractivity contribution in [2.45, 2.75) is 0 Å². The van der Waals surface area contributed by atoms with Gasteiger partial charge in [0.05, 0.1) is 16.5 Å². The van der Waals surface area contributed by atoms with Gasteiger partial charge < -0.3 is 4.98 Å². The molecule has 0 amide bonds. The summed E-state index contributed by atoms with van der Waals surface area (Å²) in [5.74, 6) is -3.02. The van der Waals surface area contributed by atoms with E-state index in [1.807, 2.05) is 0 Å². The molecule has 0 spiro atoms. The number of halogens is 3. The standard InChI is InChI=1S/C16H8F3NO2/c17-9-3-1-8(2-4-9)15(21)12-7-20-14-11(16(12)22)5-10(18)6-13(14)19/h1-7H,(H,20,22). The van der Waals surface area contributed by atoms with Crippen molar-refractivity contribution in [2.24, 2.45) is 0 Å². The number of carbonyl (C=O) groups excluding carboxylic acids is 1. The van der Waals surface area contributed by atoms with Gasteiger partial charge in [0.2, 0.25) is 5.43 Å². The number of hydrogen-bond acceptors (Lipinski definition) is 2. The molecule has 0 aliphatic heterocycles. The van der Waals surface area contributed by atoms with Crippen LogP contribution in [0.1, 0.15) is 15.9 Å². The molecule has 6 heteroatoms. The highest BCUT2D eigenvalue weighted by Gasteiger charge is 2.17. The molecule has 0 aliphatic rings. The Labute approximate surface area is 122 Å². The highest BCUT2D eigenvalue weighted by Crippen LogP contribution is 2.16. The van der Waals surface area contributed by atoms with Crippen LogP contribution < -0.4 is 5.43 Å². The molecule has 0 unspecified atom stereocenters. The largest absolute Gasteiger partial charge is 0.358 e. The molecular formula is C16H8F3NO2. The van der Waals surface area contributed by atoms with Gasteiger partial charge in [-0.3, -0.25) is 9.59 Å². The Bertz CT molecular complexity index is 946. The SMILES string of the molecule is O=C(c1ccc(F)cc1)c1c[nH]c2c(F)cc(F)cc2c1=O. The van der Waals surface area contributed by atoms with Crippen LogP contribution in [0.2, 0.25) is 0 Å². The van der Waals surface area contributed by atoms with Gasteiger partial charge >= 0.3 is 0 Å². The van der Waals surface area contributed by atoms with Crippen LogP contribution in [-0.4, -0.2) is 10.8 Å². The Hall–Kier alpha value is -2.89. The number of aromatic amines is 1. The van der Waals surface area contributed by atoms with E-state index in [1.165, 1.54) is 12.1 Å². The Morgan fingerprint density at radius 1 is 0.955 bits per heavy atom. The summed E-state index contributed by atoms with van der Waals surface area (Å²) in [6.45, 7) is 0. The van der Waals surface area contributed by atoms with Crippen molar-refractivity contribution in [3.63, 3.8) is 0 Å². The molecule has 1 aromatic heterocycles. The van der Waals surface area contributed by atoms with E-state index in [4.69, 9.17) is 0 Å². The first-order chi connectivity index (χ1) is 10.5. The highest BCUT2D eigenvalue weighted by atomic mass is 19.1. The summed E-state index contributed by atoms with van der Waals surface area (Å²) in [6.07, 6.45) is 1.07. The molecule has 0 aliphatic carbocycles. The van der Waals surface area contributed by atoms with Crippen molar-refractivity contribution in [3.8, 4) is 0 Å². The van der Waals surface area contributed by atoms with Crippen LogP contribution in [0.15, 0.2) is 47.4 Å². The molecule has 0 bridgehead atoms. The molecular weight excluding hydrogens is 295 g/mol. The second kappa shape index (κ2) is 5.14. The molecule has 0 saturated carbocycles. The van der Waals surface area contributed by atoms with Gasteiger partial charge in [-0.15, -0.1) is 0 Å². The predicted octanol–water partition coefficient (Wildman–Crippen LogP) is 3.18. The van der Waals surface area contributed by atoms with Crippen LogP contribution in [0.25, 0.3) is 10.9 Å². The number of pyridine rings is 1. The smallest absolute Gasteiger partial charge is 0.200 e. The van der Waals surface area contributed by atoms with Crippen molar-refractivity contribution >= 4 is 16.7 Å². The van der Waals surface area contributed by atoms with Crippen LogP contribution in [0.3, 0.4) is 0 Å². The molecule has 1 N–H and O–H groups in total. The summed E-state index contributed by atoms with van der Waals surface area (Å²) in [5.41, 5.74) is -1.14. The van der Waals surface area contributed by atoms with Crippen molar-refractivity contribution < 1.29 is 18.0 Å². The van der Waals surface area contributed by atoms with Crippen molar-refractivity contribution in [3.05, 3.63) is 81.4 Å². The molecule has 22 heavy (non-hydrogen) atoms. The van der Waals surface area contributed by atoms with Crippen molar-refractivity contribution in [2.75, 3.05) is 0 Å². The number of carbonyl (C=O) groups is 1. The summed E-state index contributed by atoms with van der Waals surface area (Å²) in [6, 6.07) is 6.13. The van der Waals surface area contributed by atoms with Gasteiger partial charge in [-0.25, -0.2) is 13.2 Å². The van der Waals surface area contributed by atoms with Gasteiger partial charge in [-0.2, -0.15) is 0 Å². The lowest BCUT2D eigenvalue weighted by molar-refractivity contribution is 0.103. The fourth-order valence-corrected chi connectivity index (χ4v) is 2.18. The molecule has 3 rings (SSSR count). The van der Waals surface area contributed by atoms with Crippen LogP contribution >= 0.6 is 0 Å². The van der Waals surface area contributed by atoms with E-state index in [2.05, 4.69) is 4.98 Å². The van der Waals surface area contributed by atoms with Crippen molar-refractivity contribution in [1.82, 2.24) is 4.98 Å². The van der Waals surface area contributed by atoms with E-state index in [-0.39, 0.29) is 22.0 Å². The summed E-state index contributed by atoms with van der Waals surface area (Å²) in [7, 11) is 0. The zero-order valence-electron chi connectivity index (χ0n) is 11.0. The lowest BCUT2D eigenvalue weighted by Gasteiger charge is -2.04. The maximum absolute atomic E-state index is 13.6. The number of aromatic nitrogens is 1. The molecule has 0 atom stereocenters. The van der Waals surface area contributed by atoms with Gasteiger partial charge in [0.1, 0.15) is 17.5 Å². The van der Waals surface area contributed by atoms with Crippen LogP contribution in [0.5, 0.6) is 0 Å². The van der Waals surface area contributed by atoms with E-state index >= 15 is 0 Å². The van der Waals surface area contributed by atoms with Gasteiger partial charge in [0, 0.05) is 17.8 Å². The van der Waals surface area contributed by atoms with E-state index in [9.17, 15) is 22.8 Å². The lowest BCUT2D eigenvalue weighted by Crippen LogP contribution is -2.17. The third-order valence-corrected chi connectivity index (χ3v) is 3.26. The van der Waals surface area contributed by atoms with Crippen LogP contribution in [0.4, 0.5) is 13.2 Å². The summed E-state index contributed by atoms with van der Waals surface area (Å²) >= 11 is 0. The van der Waals surface area contributed by atoms with Gasteiger partial charge in [-0.1, -0.05) is 0 Å². The molecule has 0 radical (unpaired) electrons. The number of nitrogens with one attached hydrogen (secondary N) is 1. The quantitative estimate of drug-likeness (QED) is 0.739. The third-order valence-electron chi connectivity index (χ3n) is 3.26. The Balaban J connectivity index is 2.20. The second-order valence-corrected chi connectivity index (χ2v) is 4.68. The van der Waals surface area contributed by atoms with E-state index in [1.54, 1.807) is 0 Å². The highest BCUT2D eigenvalue weighted by molar-refractivity contribution is 6.10. The number of hydrogen-bond donors (Lipinski definition) is 1. The fourth-order valence-electron chi connectivity index (χ4n) is 2.18. The molecule has 1 heterocycles. The summed E-state index contributed by atoms with van der Waals surface area (Å²) in [4.78, 5) is 27.0. The zero-order chi connectivity index (χ0) is 15.9. The molecule has 2 aromatic carbocycles. The topological polar surface area (TPSA) is 49.9 Å². The van der Waals surface area contributed by atoms with E-state index in [0.717, 1.165) is 24.4 Å². The average Bonchev–Trinajstić information content (AvgIpc) is 2.48. The van der Waals surface area contributed by atoms with E-state index in [0.29, 0.717) is 6.07 Å². The summed E-state index contributed by atoms with van der Waals surface area (Å²) < 4.78 is 39.7. The lowest BCUT2D eigenvalue weighted by atomic mass is 10.0. The Morgan fingerprint density at radius 3 is 2.32 bits per heavy atom. The normalized spacial score (nSPS) is 10.9. The molecule has 3 nitrogen and oxygen atoms in total. The van der Waals surface area contributed by atoms with Crippen LogP contribution in [-0.2, 0) is 0 Å². The molecule has 0 saturated heterocycles. The third kappa shape index (κ3) is 2.28. The van der Waals surface area contributed by atoms with Gasteiger partial charge in [0.15, 0.2) is 5.78 Å². The number of benzene rings is 2. The first kappa shape index (κ1) is 14.1. The fraction of sp³-hybridized carbons (Fsp3) is 0. The van der Waals surface area contributed by atoms with Gasteiger partial charge in [-0.05, 0) is 30.3 Å². The van der Waals surface area contributed by atoms with Crippen LogP contribution in [0, 0.1) is 17.5 Å². The zero-order valence-corrected chi connectivity index (χ0v) is 11.0. The minimum atomic E-state index is -0.923. The summed E-state index contributed by atoms with van der Waals surface area (Å²) in [5, 5.41) is -0.259. The van der Waals surface area contributed by atoms with Gasteiger partial charge in [0.25, 0.3) is 0 Å². The van der Waals surface area contributed by atoms with E-state index < -0.39 is 28.7 Å². The predicted molar refractivity (Wildman–Crippen MR) is 74.3 cm³/mol. The first-order valence-corrected chi connectivity index (χ1v) is 6.28. The maximum atomic E-state index is 13.6. The monoisotopic (exact) mass is 303 g/mol. The number of fused-ring (bicyclic) bond motifs is 1. The molecule has 3 aromatic rings. The minimum Gasteiger partial charge on any atom is -0.358 e. The number of H-pyrrole nitrogens is 1. The maximum Gasteiger partial charge on any atom is 0.200 e. The number of ketones is 1. The molecule has 110 valence electrons. The first-order valence-electron chi connectivity index (χ1n) is 6.28. The Kier molecular flexibility index (Phi) is 3.29.